The Morgan fingerprint density at radius 3 is 2.85 bits per heavy atom. The van der Waals surface area contributed by atoms with Crippen LogP contribution in [-0.4, -0.2) is 22.4 Å². The summed E-state index contributed by atoms with van der Waals surface area (Å²) in [6.45, 7) is 6.82. The van der Waals surface area contributed by atoms with E-state index in [1.54, 1.807) is 12.4 Å². The number of nitrogens with one attached hydrogen (secondary N) is 2. The number of hydrogen-bond acceptors (Lipinski definition) is 5. The molecule has 0 aliphatic heterocycles. The molecule has 0 saturated heterocycles. The molecule has 5 nitrogen and oxygen atoms in total. The number of hydrogen-bond donors (Lipinski definition) is 2. The van der Waals surface area contributed by atoms with Gasteiger partial charge in [-0.05, 0) is 26.3 Å². The van der Waals surface area contributed by atoms with E-state index in [1.807, 2.05) is 19.9 Å². The lowest BCUT2D eigenvalue weighted by molar-refractivity contribution is 0.102. The third-order valence-electron chi connectivity index (χ3n) is 2.88. The summed E-state index contributed by atoms with van der Waals surface area (Å²) in [7, 11) is 0. The van der Waals surface area contributed by atoms with Crippen LogP contribution < -0.4 is 10.6 Å². The quantitative estimate of drug-likeness (QED) is 0.887. The molecule has 0 unspecified atom stereocenters. The molecule has 2 heterocycles. The highest BCUT2D eigenvalue weighted by Crippen LogP contribution is 2.22. The van der Waals surface area contributed by atoms with E-state index in [9.17, 15) is 4.79 Å². The van der Waals surface area contributed by atoms with Crippen LogP contribution in [0.25, 0.3) is 0 Å². The number of aromatic nitrogens is 2. The van der Waals surface area contributed by atoms with Gasteiger partial charge in [0.2, 0.25) is 0 Å². The van der Waals surface area contributed by atoms with Crippen molar-refractivity contribution in [1.29, 1.82) is 0 Å². The molecule has 0 fully saturated rings. The maximum atomic E-state index is 12.3. The van der Waals surface area contributed by atoms with Crippen molar-refractivity contribution in [3.63, 3.8) is 0 Å². The minimum Gasteiger partial charge on any atom is -0.384 e. The molecule has 0 spiro atoms. The summed E-state index contributed by atoms with van der Waals surface area (Å²) in [6.07, 6.45) is 4.24. The molecule has 0 radical (unpaired) electrons. The van der Waals surface area contributed by atoms with E-state index in [2.05, 4.69) is 27.5 Å². The van der Waals surface area contributed by atoms with Gasteiger partial charge in [0.1, 0.15) is 0 Å². The molecule has 20 heavy (non-hydrogen) atoms. The van der Waals surface area contributed by atoms with Crippen molar-refractivity contribution in [3.05, 3.63) is 34.6 Å². The van der Waals surface area contributed by atoms with Crippen LogP contribution in [0.1, 0.15) is 34.3 Å². The highest BCUT2D eigenvalue weighted by molar-refractivity contribution is 7.15. The van der Waals surface area contributed by atoms with Gasteiger partial charge in [0, 0.05) is 23.8 Å². The molecule has 1 amide bonds. The number of anilines is 2. The molecule has 0 aromatic carbocycles. The first-order chi connectivity index (χ1) is 9.61. The van der Waals surface area contributed by atoms with Crippen molar-refractivity contribution in [2.24, 2.45) is 0 Å². The highest BCUT2D eigenvalue weighted by Gasteiger charge is 2.13. The van der Waals surface area contributed by atoms with E-state index in [4.69, 9.17) is 0 Å². The average molecular weight is 290 g/mol. The first-order valence-electron chi connectivity index (χ1n) is 6.55. The number of carbonyl (C=O) groups excluding carboxylic acids is 1. The van der Waals surface area contributed by atoms with Crippen LogP contribution in [0.15, 0.2) is 18.5 Å². The molecule has 2 aromatic heterocycles. The van der Waals surface area contributed by atoms with E-state index in [1.165, 1.54) is 11.3 Å². The molecule has 106 valence electrons. The molecule has 0 saturated carbocycles. The number of amides is 1. The Morgan fingerprint density at radius 1 is 1.40 bits per heavy atom. The Bertz CT molecular complexity index is 589. The van der Waals surface area contributed by atoms with Crippen LogP contribution in [0.2, 0.25) is 0 Å². The summed E-state index contributed by atoms with van der Waals surface area (Å²) in [6, 6.07) is 1.81. The van der Waals surface area contributed by atoms with Crippen LogP contribution in [0, 0.1) is 13.8 Å². The Kier molecular flexibility index (Phi) is 4.68. The van der Waals surface area contributed by atoms with Gasteiger partial charge in [-0.25, -0.2) is 4.98 Å². The van der Waals surface area contributed by atoms with E-state index in [0.29, 0.717) is 10.7 Å². The van der Waals surface area contributed by atoms with Crippen molar-refractivity contribution in [3.8, 4) is 0 Å². The lowest BCUT2D eigenvalue weighted by Crippen LogP contribution is -2.15. The third-order valence-corrected chi connectivity index (χ3v) is 3.87. The predicted molar refractivity (Wildman–Crippen MR) is 82.6 cm³/mol. The molecule has 2 rings (SSSR count). The minimum atomic E-state index is -0.189. The third kappa shape index (κ3) is 3.33. The molecule has 2 aromatic rings. The zero-order valence-corrected chi connectivity index (χ0v) is 12.7. The highest BCUT2D eigenvalue weighted by atomic mass is 32.1. The number of thiazole rings is 1. The summed E-state index contributed by atoms with van der Waals surface area (Å²) < 4.78 is 0. The van der Waals surface area contributed by atoms with E-state index in [-0.39, 0.29) is 5.91 Å². The monoisotopic (exact) mass is 290 g/mol. The van der Waals surface area contributed by atoms with E-state index >= 15 is 0 Å². The number of carbonyl (C=O) groups is 1. The van der Waals surface area contributed by atoms with Gasteiger partial charge in [0.15, 0.2) is 5.13 Å². The second-order valence-electron chi connectivity index (χ2n) is 4.46. The number of nitrogens with zero attached hydrogens (tertiary/aromatic N) is 2. The van der Waals surface area contributed by atoms with Gasteiger partial charge in [0.05, 0.1) is 16.9 Å². The van der Waals surface area contributed by atoms with Crippen LogP contribution in [0.4, 0.5) is 10.8 Å². The van der Waals surface area contributed by atoms with Gasteiger partial charge in [-0.1, -0.05) is 6.92 Å². The molecule has 0 bridgehead atoms. The van der Waals surface area contributed by atoms with Gasteiger partial charge in [0.25, 0.3) is 5.91 Å². The minimum absolute atomic E-state index is 0.189. The second-order valence-corrected chi connectivity index (χ2v) is 5.67. The Morgan fingerprint density at radius 2 is 2.20 bits per heavy atom. The number of pyridine rings is 1. The van der Waals surface area contributed by atoms with Gasteiger partial charge in [-0.15, -0.1) is 11.3 Å². The Labute approximate surface area is 122 Å². The number of rotatable bonds is 5. The lowest BCUT2D eigenvalue weighted by atomic mass is 10.2. The molecule has 0 aliphatic carbocycles. The molecular weight excluding hydrogens is 272 g/mol. The first kappa shape index (κ1) is 14.5. The second kappa shape index (κ2) is 6.47. The van der Waals surface area contributed by atoms with Gasteiger partial charge < -0.3 is 5.32 Å². The predicted octanol–water partition coefficient (Wildman–Crippen LogP) is 3.23. The van der Waals surface area contributed by atoms with Crippen LogP contribution in [-0.2, 0) is 0 Å². The molecule has 0 atom stereocenters. The largest absolute Gasteiger partial charge is 0.384 e. The SMILES string of the molecule is CCCNc1ccncc1C(=O)Nc1nc(C)c(C)s1. The summed E-state index contributed by atoms with van der Waals surface area (Å²) in [5.41, 5.74) is 2.27. The fraction of sp³-hybridized carbons (Fsp3) is 0.357. The van der Waals surface area contributed by atoms with Crippen molar-refractivity contribution in [1.82, 2.24) is 9.97 Å². The molecule has 0 aliphatic rings. The van der Waals surface area contributed by atoms with Gasteiger partial charge in [-0.3, -0.25) is 15.1 Å². The lowest BCUT2D eigenvalue weighted by Gasteiger charge is -2.09. The van der Waals surface area contributed by atoms with Crippen LogP contribution in [0.5, 0.6) is 0 Å². The van der Waals surface area contributed by atoms with Crippen molar-refractivity contribution >= 4 is 28.1 Å². The fourth-order valence-corrected chi connectivity index (χ4v) is 2.49. The Hall–Kier alpha value is -1.95. The normalized spacial score (nSPS) is 10.3. The molecule has 6 heteroatoms. The smallest absolute Gasteiger partial charge is 0.261 e. The number of aryl methyl sites for hydroxylation is 2. The maximum absolute atomic E-state index is 12.3. The van der Waals surface area contributed by atoms with Crippen molar-refractivity contribution in [2.75, 3.05) is 17.2 Å². The van der Waals surface area contributed by atoms with E-state index in [0.717, 1.165) is 29.2 Å². The first-order valence-corrected chi connectivity index (χ1v) is 7.36. The summed E-state index contributed by atoms with van der Waals surface area (Å²) in [5, 5.41) is 6.67. The van der Waals surface area contributed by atoms with Gasteiger partial charge >= 0.3 is 0 Å². The van der Waals surface area contributed by atoms with Crippen LogP contribution in [0.3, 0.4) is 0 Å². The molecular formula is C14H18N4OS. The maximum Gasteiger partial charge on any atom is 0.261 e. The van der Waals surface area contributed by atoms with Crippen molar-refractivity contribution in [2.45, 2.75) is 27.2 Å². The van der Waals surface area contributed by atoms with E-state index < -0.39 is 0 Å². The zero-order chi connectivity index (χ0) is 14.5. The summed E-state index contributed by atoms with van der Waals surface area (Å²) in [5.74, 6) is -0.189. The van der Waals surface area contributed by atoms with Crippen molar-refractivity contribution < 1.29 is 4.79 Å². The average Bonchev–Trinajstić information content (AvgIpc) is 2.75. The Balaban J connectivity index is 2.16. The zero-order valence-electron chi connectivity index (χ0n) is 11.9. The topological polar surface area (TPSA) is 66.9 Å². The molecule has 2 N–H and O–H groups in total. The van der Waals surface area contributed by atoms with Gasteiger partial charge in [-0.2, -0.15) is 0 Å². The van der Waals surface area contributed by atoms with Crippen LogP contribution >= 0.6 is 11.3 Å². The fourth-order valence-electron chi connectivity index (χ4n) is 1.68. The summed E-state index contributed by atoms with van der Waals surface area (Å²) >= 11 is 1.48. The standard InChI is InChI=1S/C14H18N4OS/c1-4-6-16-12-5-7-15-8-11(12)13(19)18-14-17-9(2)10(3)20-14/h5,7-8H,4,6H2,1-3H3,(H,15,16)(H,17,18,19). The summed E-state index contributed by atoms with van der Waals surface area (Å²) in [4.78, 5) is 21.7.